The number of ether oxygens (including phenoxy) is 1. The second kappa shape index (κ2) is 5.22. The van der Waals surface area contributed by atoms with Crippen molar-refractivity contribution in [2.75, 3.05) is 31.2 Å². The van der Waals surface area contributed by atoms with Gasteiger partial charge in [0.15, 0.2) is 0 Å². The summed E-state index contributed by atoms with van der Waals surface area (Å²) in [7, 11) is 1.90. The number of aromatic nitrogens is 2. The summed E-state index contributed by atoms with van der Waals surface area (Å²) in [6, 6.07) is 0. The van der Waals surface area contributed by atoms with Crippen molar-refractivity contribution in [2.24, 2.45) is 12.8 Å². The van der Waals surface area contributed by atoms with E-state index in [1.807, 2.05) is 18.7 Å². The van der Waals surface area contributed by atoms with Crippen LogP contribution >= 0.6 is 0 Å². The molecule has 1 aliphatic rings. The van der Waals surface area contributed by atoms with Gasteiger partial charge < -0.3 is 15.4 Å². The molecule has 0 aromatic carbocycles. The second-order valence-electron chi connectivity index (χ2n) is 4.28. The van der Waals surface area contributed by atoms with Crippen molar-refractivity contribution >= 4 is 17.8 Å². The van der Waals surface area contributed by atoms with Crippen molar-refractivity contribution in [3.8, 4) is 0 Å². The fourth-order valence-electron chi connectivity index (χ4n) is 2.17. The number of anilines is 1. The van der Waals surface area contributed by atoms with Crippen molar-refractivity contribution in [1.29, 1.82) is 0 Å². The Morgan fingerprint density at radius 1 is 1.44 bits per heavy atom. The summed E-state index contributed by atoms with van der Waals surface area (Å²) in [6.45, 7) is 5.00. The fourth-order valence-corrected chi connectivity index (χ4v) is 2.17. The highest BCUT2D eigenvalue weighted by molar-refractivity contribution is 5.91. The lowest BCUT2D eigenvalue weighted by atomic mass is 10.2. The minimum Gasteiger partial charge on any atom is -0.378 e. The Hall–Kier alpha value is -1.82. The predicted molar refractivity (Wildman–Crippen MR) is 69.2 cm³/mol. The molecule has 1 aromatic heterocycles. The lowest BCUT2D eigenvalue weighted by molar-refractivity contribution is -0.113. The lowest BCUT2D eigenvalue weighted by Gasteiger charge is -2.29. The van der Waals surface area contributed by atoms with Crippen LogP contribution in [0.25, 0.3) is 6.08 Å². The molecular formula is C12H18N4O2. The Bertz CT molecular complexity index is 473. The van der Waals surface area contributed by atoms with Crippen LogP contribution in [0.4, 0.5) is 5.82 Å². The van der Waals surface area contributed by atoms with E-state index in [2.05, 4.69) is 10.00 Å². The molecular weight excluding hydrogens is 232 g/mol. The summed E-state index contributed by atoms with van der Waals surface area (Å²) in [6.07, 6.45) is 3.10. The van der Waals surface area contributed by atoms with Gasteiger partial charge in [0.2, 0.25) is 5.91 Å². The van der Waals surface area contributed by atoms with Gasteiger partial charge in [-0.15, -0.1) is 0 Å². The number of amides is 1. The zero-order valence-electron chi connectivity index (χ0n) is 10.7. The van der Waals surface area contributed by atoms with Crippen LogP contribution in [0.1, 0.15) is 11.3 Å². The molecule has 0 spiro atoms. The van der Waals surface area contributed by atoms with Crippen molar-refractivity contribution in [3.05, 3.63) is 17.3 Å². The van der Waals surface area contributed by atoms with E-state index in [-0.39, 0.29) is 0 Å². The van der Waals surface area contributed by atoms with Gasteiger partial charge in [0.05, 0.1) is 18.9 Å². The first-order valence-corrected chi connectivity index (χ1v) is 5.93. The third-order valence-corrected chi connectivity index (χ3v) is 2.96. The van der Waals surface area contributed by atoms with Crippen LogP contribution in [-0.2, 0) is 16.6 Å². The van der Waals surface area contributed by atoms with Crippen LogP contribution in [0.5, 0.6) is 0 Å². The molecule has 0 aliphatic carbocycles. The molecule has 0 saturated carbocycles. The van der Waals surface area contributed by atoms with Gasteiger partial charge in [-0.3, -0.25) is 9.48 Å². The predicted octanol–water partition coefficient (Wildman–Crippen LogP) is 0.0636. The maximum atomic E-state index is 10.9. The molecule has 1 fully saturated rings. The topological polar surface area (TPSA) is 73.4 Å². The van der Waals surface area contributed by atoms with Gasteiger partial charge in [0, 0.05) is 31.8 Å². The summed E-state index contributed by atoms with van der Waals surface area (Å²) in [5.41, 5.74) is 6.97. The first-order valence-electron chi connectivity index (χ1n) is 5.93. The van der Waals surface area contributed by atoms with Crippen molar-refractivity contribution in [1.82, 2.24) is 9.78 Å². The number of nitrogens with two attached hydrogens (primary N) is 1. The number of carbonyl (C=O) groups excluding carboxylic acids is 1. The Morgan fingerprint density at radius 2 is 2.11 bits per heavy atom. The Labute approximate surface area is 106 Å². The highest BCUT2D eigenvalue weighted by atomic mass is 16.5. The minimum atomic E-state index is -0.453. The van der Waals surface area contributed by atoms with Crippen LogP contribution < -0.4 is 10.6 Å². The number of nitrogens with zero attached hydrogens (tertiary/aromatic N) is 3. The number of aryl methyl sites for hydroxylation is 2. The largest absolute Gasteiger partial charge is 0.378 e. The Morgan fingerprint density at radius 3 is 2.72 bits per heavy atom. The molecule has 0 radical (unpaired) electrons. The highest BCUT2D eigenvalue weighted by Crippen LogP contribution is 2.25. The van der Waals surface area contributed by atoms with E-state index in [0.717, 1.165) is 30.2 Å². The number of rotatable bonds is 3. The van der Waals surface area contributed by atoms with Gasteiger partial charge in [-0.1, -0.05) is 0 Å². The molecule has 0 atom stereocenters. The van der Waals surface area contributed by atoms with Gasteiger partial charge in [0.1, 0.15) is 5.82 Å². The van der Waals surface area contributed by atoms with Crippen LogP contribution in [0.2, 0.25) is 0 Å². The third kappa shape index (κ3) is 2.53. The Balaban J connectivity index is 2.35. The fraction of sp³-hybridized carbons (Fsp3) is 0.500. The van der Waals surface area contributed by atoms with E-state index in [1.165, 1.54) is 6.08 Å². The molecule has 2 rings (SSSR count). The van der Waals surface area contributed by atoms with E-state index in [1.54, 1.807) is 6.08 Å². The van der Waals surface area contributed by atoms with Crippen molar-refractivity contribution < 1.29 is 9.53 Å². The van der Waals surface area contributed by atoms with Gasteiger partial charge >= 0.3 is 0 Å². The lowest BCUT2D eigenvalue weighted by Crippen LogP contribution is -2.37. The smallest absolute Gasteiger partial charge is 0.241 e. The average Bonchev–Trinajstić information content (AvgIpc) is 2.62. The van der Waals surface area contributed by atoms with E-state index in [0.29, 0.717) is 13.2 Å². The summed E-state index contributed by atoms with van der Waals surface area (Å²) in [5.74, 6) is 0.555. The monoisotopic (exact) mass is 250 g/mol. The van der Waals surface area contributed by atoms with E-state index >= 15 is 0 Å². The number of hydrogen-bond donors (Lipinski definition) is 1. The number of hydrogen-bond acceptors (Lipinski definition) is 4. The maximum Gasteiger partial charge on any atom is 0.241 e. The van der Waals surface area contributed by atoms with Crippen molar-refractivity contribution in [3.63, 3.8) is 0 Å². The highest BCUT2D eigenvalue weighted by Gasteiger charge is 2.19. The summed E-state index contributed by atoms with van der Waals surface area (Å²) in [4.78, 5) is 13.1. The van der Waals surface area contributed by atoms with E-state index < -0.39 is 5.91 Å². The molecule has 0 bridgehead atoms. The minimum absolute atomic E-state index is 0.453. The van der Waals surface area contributed by atoms with Crippen molar-refractivity contribution in [2.45, 2.75) is 6.92 Å². The molecule has 1 aliphatic heterocycles. The average molecular weight is 250 g/mol. The standard InChI is InChI=1S/C12H18N4O2/c1-9-10(3-4-11(13)17)12(15(2)14-9)16-5-7-18-8-6-16/h3-4H,5-8H2,1-2H3,(H2,13,17)/b4-3+. The van der Waals surface area contributed by atoms with E-state index in [4.69, 9.17) is 10.5 Å². The van der Waals surface area contributed by atoms with Gasteiger partial charge in [-0.2, -0.15) is 5.10 Å². The molecule has 1 saturated heterocycles. The summed E-state index contributed by atoms with van der Waals surface area (Å²) >= 11 is 0. The second-order valence-corrected chi connectivity index (χ2v) is 4.28. The molecule has 1 amide bonds. The molecule has 1 aromatic rings. The first kappa shape index (κ1) is 12.6. The first-order chi connectivity index (χ1) is 8.59. The molecule has 98 valence electrons. The maximum absolute atomic E-state index is 10.9. The summed E-state index contributed by atoms with van der Waals surface area (Å²) in [5, 5.41) is 4.39. The van der Waals surface area contributed by atoms with Gasteiger partial charge in [-0.05, 0) is 13.0 Å². The van der Waals surface area contributed by atoms with Crippen LogP contribution in [0.15, 0.2) is 6.08 Å². The Kier molecular flexibility index (Phi) is 3.66. The van der Waals surface area contributed by atoms with Gasteiger partial charge in [0.25, 0.3) is 0 Å². The van der Waals surface area contributed by atoms with E-state index in [9.17, 15) is 4.79 Å². The third-order valence-electron chi connectivity index (χ3n) is 2.96. The SMILES string of the molecule is Cc1nn(C)c(N2CCOCC2)c1/C=C/C(N)=O. The zero-order valence-corrected chi connectivity index (χ0v) is 10.7. The molecule has 6 nitrogen and oxygen atoms in total. The molecule has 2 heterocycles. The zero-order chi connectivity index (χ0) is 13.1. The van der Waals surface area contributed by atoms with Crippen LogP contribution in [0, 0.1) is 6.92 Å². The number of carbonyl (C=O) groups is 1. The molecule has 2 N–H and O–H groups in total. The number of primary amides is 1. The summed E-state index contributed by atoms with van der Waals surface area (Å²) < 4.78 is 7.18. The molecule has 18 heavy (non-hydrogen) atoms. The quantitative estimate of drug-likeness (QED) is 0.770. The van der Waals surface area contributed by atoms with Crippen LogP contribution in [0.3, 0.4) is 0 Å². The van der Waals surface area contributed by atoms with Crippen LogP contribution in [-0.4, -0.2) is 42.0 Å². The van der Waals surface area contributed by atoms with Gasteiger partial charge in [-0.25, -0.2) is 0 Å². The number of morpholine rings is 1. The molecule has 0 unspecified atom stereocenters. The normalized spacial score (nSPS) is 16.4. The molecule has 6 heteroatoms.